The number of aliphatic hydroxyl groups is 3. The lowest BCUT2D eigenvalue weighted by Crippen LogP contribution is -2.63. The summed E-state index contributed by atoms with van der Waals surface area (Å²) in [5, 5.41) is 80.0. The number of nitrogens with one attached hydrogen (secondary N) is 12. The van der Waals surface area contributed by atoms with Crippen molar-refractivity contribution in [3.05, 3.63) is 35.9 Å². The van der Waals surface area contributed by atoms with Gasteiger partial charge >= 0.3 is 11.9 Å². The molecule has 0 unspecified atom stereocenters. The van der Waals surface area contributed by atoms with Crippen LogP contribution in [-0.4, -0.2) is 242 Å². The molecular weight excluding hydrogens is 1410 g/mol. The van der Waals surface area contributed by atoms with Crippen molar-refractivity contribution in [2.75, 3.05) is 31.2 Å². The molecule has 1 aromatic carbocycles. The molecule has 592 valence electrons. The second-order valence-electron chi connectivity index (χ2n) is 26.2. The highest BCUT2D eigenvalue weighted by molar-refractivity contribution is 7.80. The molecule has 0 aliphatic heterocycles. The average molecular weight is 1530 g/mol. The fraction of sp³-hybridized carbons (Fsp3) is 0.662. The van der Waals surface area contributed by atoms with Crippen molar-refractivity contribution in [3.8, 4) is 0 Å². The van der Waals surface area contributed by atoms with Gasteiger partial charge in [-0.15, -0.1) is 0 Å². The molecule has 0 aliphatic carbocycles. The van der Waals surface area contributed by atoms with Gasteiger partial charge in [-0.25, -0.2) is 4.79 Å². The topological polar surface area (TPSA) is 639 Å². The lowest BCUT2D eigenvalue weighted by atomic mass is 9.95. The minimum absolute atomic E-state index is 0.0208. The summed E-state index contributed by atoms with van der Waals surface area (Å²) in [4.78, 5) is 199. The Labute approximate surface area is 621 Å². The summed E-state index contributed by atoms with van der Waals surface area (Å²) in [6.45, 7) is 14.1. The number of thiol groups is 2. The Morgan fingerprint density at radius 2 is 0.790 bits per heavy atom. The summed E-state index contributed by atoms with van der Waals surface area (Å²) in [7, 11) is 0. The summed E-state index contributed by atoms with van der Waals surface area (Å²) < 4.78 is 0. The molecule has 0 bridgehead atoms. The first-order valence-corrected chi connectivity index (χ1v) is 35.6. The van der Waals surface area contributed by atoms with E-state index < -0.39 is 216 Å². The van der Waals surface area contributed by atoms with Crippen molar-refractivity contribution in [3.63, 3.8) is 0 Å². The number of carboxylic acid groups (broad SMARTS) is 2. The second kappa shape index (κ2) is 48.1. The molecule has 0 saturated heterocycles. The van der Waals surface area contributed by atoms with Gasteiger partial charge in [-0.3, -0.25) is 72.3 Å². The summed E-state index contributed by atoms with van der Waals surface area (Å²) in [6.07, 6.45) is -3.78. The number of aliphatic imine (C=N–C) groups is 2. The van der Waals surface area contributed by atoms with E-state index >= 15 is 0 Å². The number of nitrogens with two attached hydrogens (primary N) is 5. The molecule has 1 rings (SSSR count). The van der Waals surface area contributed by atoms with E-state index in [9.17, 15) is 92.7 Å². The third-order valence-corrected chi connectivity index (χ3v) is 17.3. The van der Waals surface area contributed by atoms with Gasteiger partial charge in [0.15, 0.2) is 11.9 Å². The number of rotatable bonds is 49. The molecule has 27 N–H and O–H groups in total. The van der Waals surface area contributed by atoms with Gasteiger partial charge in [0.2, 0.25) is 70.9 Å². The molecule has 1 aromatic rings. The first-order valence-electron chi connectivity index (χ1n) is 34.4. The van der Waals surface area contributed by atoms with Crippen molar-refractivity contribution in [2.24, 2.45) is 62.3 Å². The Morgan fingerprint density at radius 3 is 1.20 bits per heavy atom. The molecule has 40 heteroatoms. The van der Waals surface area contributed by atoms with E-state index in [1.165, 1.54) is 20.8 Å². The largest absolute Gasteiger partial charge is 0.481 e. The average Bonchev–Trinajstić information content (AvgIpc) is 0.852. The third-order valence-electron chi connectivity index (χ3n) is 16.5. The monoisotopic (exact) mass is 1530 g/mol. The van der Waals surface area contributed by atoms with E-state index in [0.717, 1.165) is 13.8 Å². The lowest BCUT2D eigenvalue weighted by molar-refractivity contribution is -0.143. The van der Waals surface area contributed by atoms with Gasteiger partial charge in [-0.05, 0) is 75.2 Å². The molecule has 0 aromatic heterocycles. The Balaban J connectivity index is 3.49. The Hall–Kier alpha value is -9.12. The fourth-order valence-corrected chi connectivity index (χ4v) is 10.5. The zero-order valence-electron chi connectivity index (χ0n) is 60.9. The van der Waals surface area contributed by atoms with E-state index in [-0.39, 0.29) is 69.5 Å². The molecule has 17 atom stereocenters. The van der Waals surface area contributed by atoms with Gasteiger partial charge in [0.05, 0.1) is 31.3 Å². The van der Waals surface area contributed by atoms with Crippen LogP contribution in [0.15, 0.2) is 40.3 Å². The summed E-state index contributed by atoms with van der Waals surface area (Å²) >= 11 is 8.28. The maximum atomic E-state index is 14.5. The van der Waals surface area contributed by atoms with Gasteiger partial charge < -0.3 is 118 Å². The number of carbonyl (C=O) groups is 14. The van der Waals surface area contributed by atoms with Gasteiger partial charge in [0, 0.05) is 31.0 Å². The minimum Gasteiger partial charge on any atom is -0.481 e. The van der Waals surface area contributed by atoms with Crippen molar-refractivity contribution in [2.45, 2.75) is 218 Å². The quantitative estimate of drug-likeness (QED) is 0.0125. The number of guanidine groups is 2. The molecule has 12 amide bonds. The third kappa shape index (κ3) is 34.1. The van der Waals surface area contributed by atoms with E-state index in [1.807, 2.05) is 0 Å². The van der Waals surface area contributed by atoms with Gasteiger partial charge in [0.1, 0.15) is 72.5 Å². The number of carboxylic acids is 2. The zero-order chi connectivity index (χ0) is 80.1. The van der Waals surface area contributed by atoms with Crippen molar-refractivity contribution < 1.29 is 92.7 Å². The molecule has 105 heavy (non-hydrogen) atoms. The number of hydrogen-bond donors (Lipinski definition) is 24. The van der Waals surface area contributed by atoms with E-state index in [1.54, 1.807) is 65.0 Å². The normalized spacial score (nSPS) is 16.1. The number of aliphatic carboxylic acids is 2. The van der Waals surface area contributed by atoms with Gasteiger partial charge in [-0.1, -0.05) is 98.6 Å². The number of carbonyl (C=O) groups excluding carboxylic acids is 12. The van der Waals surface area contributed by atoms with Gasteiger partial charge in [0.25, 0.3) is 0 Å². The number of aliphatic hydroxyl groups excluding tert-OH is 3. The van der Waals surface area contributed by atoms with Crippen molar-refractivity contribution in [1.82, 2.24) is 63.8 Å². The molecule has 0 saturated carbocycles. The maximum Gasteiger partial charge on any atom is 0.326 e. The van der Waals surface area contributed by atoms with Crippen LogP contribution in [0.1, 0.15) is 126 Å². The summed E-state index contributed by atoms with van der Waals surface area (Å²) in [5.41, 5.74) is 28.8. The first kappa shape index (κ1) is 93.9. The van der Waals surface area contributed by atoms with E-state index in [4.69, 9.17) is 28.7 Å². The van der Waals surface area contributed by atoms with Crippen LogP contribution in [0.5, 0.6) is 0 Å². The van der Waals surface area contributed by atoms with Crippen LogP contribution < -0.4 is 92.5 Å². The highest BCUT2D eigenvalue weighted by Crippen LogP contribution is 2.16. The van der Waals surface area contributed by atoms with Crippen LogP contribution >= 0.6 is 25.3 Å². The predicted molar refractivity (Wildman–Crippen MR) is 392 cm³/mol. The number of benzene rings is 1. The summed E-state index contributed by atoms with van der Waals surface area (Å²) in [6, 6.07) is -11.9. The van der Waals surface area contributed by atoms with Crippen molar-refractivity contribution in [1.29, 1.82) is 0 Å². The Kier molecular flexibility index (Phi) is 43.0. The lowest BCUT2D eigenvalue weighted by Gasteiger charge is -2.31. The van der Waals surface area contributed by atoms with Crippen LogP contribution in [0.25, 0.3) is 0 Å². The molecule has 0 aliphatic rings. The highest BCUT2D eigenvalue weighted by atomic mass is 32.1. The fourth-order valence-electron chi connectivity index (χ4n) is 10.0. The molecule has 0 fully saturated rings. The first-order chi connectivity index (χ1) is 49.2. The summed E-state index contributed by atoms with van der Waals surface area (Å²) in [5.74, 6) is -19.2. The highest BCUT2D eigenvalue weighted by Gasteiger charge is 2.40. The molecule has 0 radical (unpaired) electrons. The number of nitrogens with zero attached hydrogens (tertiary/aromatic N) is 2. The molecule has 38 nitrogen and oxygen atoms in total. The SMILES string of the molecule is CC[C@H](C)[C@H](NC(=O)[C@H](CCCN=C(N)N)NC(=O)[C@@H](NC(=O)[C@H](Cc1ccccc1)NC(=O)[C@@H](N)CCCN=C(N)N)[C@@H](C)CC)C(=O)N[C@@H](CC(=O)O)C(=O)N[C@H](C(=O)N[C@@H](CO)C(=O)N[C@@H](CS)C(=O)N[C@H](C(=O)N[C@@H](CS)C(=O)N[C@H](C(=O)N[C@@H](CC(C)C)C(=O)O)[C@@H](C)O)C(C)C)[C@@H](C)O. The molecular formula is C65H111N19O19S2. The van der Waals surface area contributed by atoms with Crippen LogP contribution in [0.4, 0.5) is 0 Å². The van der Waals surface area contributed by atoms with E-state index in [2.05, 4.69) is 99.0 Å². The van der Waals surface area contributed by atoms with Crippen molar-refractivity contribution >= 4 is 120 Å². The minimum atomic E-state index is -2.07. The van der Waals surface area contributed by atoms with Crippen LogP contribution in [0.3, 0.4) is 0 Å². The standard InChI is InChI=1S/C65H111N19O19S2/c1-11-32(7)47(82-53(92)39(25-36-18-14-13-15-19-36)74-51(90)37(66)20-16-22-71-64(67)68)59(98)73-38(21-17-23-72-65(69)70)52(91)81-48(33(8)12-2)60(99)75-40(26-45(88)89)54(93)83-50(35(10)87)62(101)77-42(27-85)55(94)78-43(28-104)56(95)80-46(31(5)6)58(97)79-44(29-105)57(96)84-49(34(9)86)61(100)76-41(63(102)103)24-30(3)4/h13-15,18-19,30-35,37-44,46-50,85-87,104-105H,11-12,16-17,20-29,66H2,1-10H3,(H,73,98)(H,74,90)(H,75,99)(H,76,100)(H,77,101)(H,78,94)(H,79,97)(H,80,95)(H,81,91)(H,82,92)(H,83,93)(H,84,96)(H,88,89)(H,102,103)(H4,67,68,71)(H4,69,70,72)/t32-,33-,34+,35+,37-,38-,39-,40-,41-,42-,43-,44-,46-,47-,48-,49-,50-/m0/s1. The Bertz CT molecular complexity index is 3130. The van der Waals surface area contributed by atoms with E-state index in [0.29, 0.717) is 18.4 Å². The number of hydrogen-bond acceptors (Lipinski definition) is 22. The maximum absolute atomic E-state index is 14.5. The smallest absolute Gasteiger partial charge is 0.326 e. The van der Waals surface area contributed by atoms with Gasteiger partial charge in [-0.2, -0.15) is 25.3 Å². The second-order valence-corrected chi connectivity index (χ2v) is 26.9. The zero-order valence-corrected chi connectivity index (χ0v) is 62.7. The number of amides is 12. The van der Waals surface area contributed by atoms with Crippen LogP contribution in [-0.2, 0) is 73.5 Å². The molecule has 0 spiro atoms. The van der Waals surface area contributed by atoms with Crippen LogP contribution in [0, 0.1) is 23.7 Å². The van der Waals surface area contributed by atoms with Crippen LogP contribution in [0.2, 0.25) is 0 Å². The predicted octanol–water partition coefficient (Wildman–Crippen LogP) is -6.55. The molecule has 0 heterocycles. The Morgan fingerprint density at radius 1 is 0.438 bits per heavy atom.